The first-order valence-corrected chi connectivity index (χ1v) is 10.9. The van der Waals surface area contributed by atoms with Crippen LogP contribution in [0.15, 0.2) is 23.1 Å². The Morgan fingerprint density at radius 1 is 1.19 bits per heavy atom. The van der Waals surface area contributed by atoms with Crippen LogP contribution in [0.3, 0.4) is 0 Å². The number of aliphatic hydroxyl groups is 2. The Hall–Kier alpha value is -1.41. The Labute approximate surface area is 168 Å². The fourth-order valence-corrected chi connectivity index (χ4v) is 4.79. The second-order valence-corrected chi connectivity index (χ2v) is 9.80. The van der Waals surface area contributed by atoms with E-state index in [0.29, 0.717) is 10.8 Å². The number of rotatable bonds is 6. The molecule has 0 saturated heterocycles. The molecule has 7 heteroatoms. The van der Waals surface area contributed by atoms with E-state index in [1.54, 1.807) is 25.6 Å². The van der Waals surface area contributed by atoms with Crippen LogP contribution in [-0.4, -0.2) is 36.2 Å². The van der Waals surface area contributed by atoms with Crippen molar-refractivity contribution in [1.82, 2.24) is 14.6 Å². The third kappa shape index (κ3) is 4.21. The molecule has 0 aliphatic heterocycles. The van der Waals surface area contributed by atoms with E-state index in [1.807, 2.05) is 25.3 Å². The molecule has 0 aliphatic carbocycles. The van der Waals surface area contributed by atoms with Gasteiger partial charge in [0.2, 0.25) is 4.96 Å². The van der Waals surface area contributed by atoms with Gasteiger partial charge in [-0.1, -0.05) is 30.4 Å². The Morgan fingerprint density at radius 3 is 2.52 bits per heavy atom. The van der Waals surface area contributed by atoms with Gasteiger partial charge in [0.1, 0.15) is 10.6 Å². The maximum Gasteiger partial charge on any atom is 0.213 e. The van der Waals surface area contributed by atoms with Crippen molar-refractivity contribution < 1.29 is 10.2 Å². The summed E-state index contributed by atoms with van der Waals surface area (Å²) in [5, 5.41) is 25.8. The minimum absolute atomic E-state index is 0.645. The molecule has 3 rings (SSSR count). The van der Waals surface area contributed by atoms with Gasteiger partial charge in [-0.3, -0.25) is 0 Å². The molecule has 5 nitrogen and oxygen atoms in total. The number of hydrogen-bond acceptors (Lipinski definition) is 6. The highest BCUT2D eigenvalue weighted by Crippen LogP contribution is 2.34. The summed E-state index contributed by atoms with van der Waals surface area (Å²) >= 11 is 3.08. The summed E-state index contributed by atoms with van der Waals surface area (Å²) in [6.07, 6.45) is 0.722. The predicted octanol–water partition coefficient (Wildman–Crippen LogP) is 4.56. The van der Waals surface area contributed by atoms with Crippen molar-refractivity contribution in [2.75, 3.05) is 5.75 Å². The molecule has 27 heavy (non-hydrogen) atoms. The second-order valence-electron chi connectivity index (χ2n) is 7.83. The number of nitrogens with zero attached hydrogens (tertiary/aromatic N) is 3. The Balaban J connectivity index is 2.02. The van der Waals surface area contributed by atoms with Crippen molar-refractivity contribution in [1.29, 1.82) is 0 Å². The molecule has 0 amide bonds. The summed E-state index contributed by atoms with van der Waals surface area (Å²) < 4.78 is 1.83. The van der Waals surface area contributed by atoms with Gasteiger partial charge in [-0.15, -0.1) is 11.8 Å². The first-order chi connectivity index (χ1) is 12.5. The third-order valence-corrected chi connectivity index (χ3v) is 7.40. The molecule has 0 aliphatic rings. The maximum absolute atomic E-state index is 10.3. The smallest absolute Gasteiger partial charge is 0.213 e. The van der Waals surface area contributed by atoms with E-state index in [9.17, 15) is 10.2 Å². The molecule has 1 aromatic carbocycles. The Kier molecular flexibility index (Phi) is 5.42. The zero-order chi connectivity index (χ0) is 20.0. The van der Waals surface area contributed by atoms with Crippen molar-refractivity contribution in [3.05, 3.63) is 34.5 Å². The molecule has 2 aromatic heterocycles. The molecular formula is C20H27N3O2S2. The first-order valence-electron chi connectivity index (χ1n) is 9.07. The highest BCUT2D eigenvalue weighted by atomic mass is 32.2. The number of imidazole rings is 1. The minimum Gasteiger partial charge on any atom is -0.389 e. The standard InChI is InChI=1S/C20H27N3O2S2/c1-7-20(6,25)11-26-15-10-14(9-8-12(15)2)16-13(3)21-18-23(16)22-17(27-18)19(4,5)24/h8-10,24-25H,7,11H2,1-6H3. The highest BCUT2D eigenvalue weighted by Gasteiger charge is 2.25. The minimum atomic E-state index is -0.990. The molecule has 0 radical (unpaired) electrons. The quantitative estimate of drug-likeness (QED) is 0.589. The summed E-state index contributed by atoms with van der Waals surface area (Å²) in [6, 6.07) is 6.32. The molecule has 1 unspecified atom stereocenters. The van der Waals surface area contributed by atoms with Gasteiger partial charge in [-0.25, -0.2) is 9.50 Å². The van der Waals surface area contributed by atoms with Gasteiger partial charge in [0.25, 0.3) is 0 Å². The third-order valence-electron chi connectivity index (χ3n) is 4.66. The number of fused-ring (bicyclic) bond motifs is 1. The van der Waals surface area contributed by atoms with Gasteiger partial charge in [0.05, 0.1) is 17.0 Å². The maximum atomic E-state index is 10.3. The lowest BCUT2D eigenvalue weighted by Crippen LogP contribution is -2.25. The fourth-order valence-electron chi connectivity index (χ4n) is 2.67. The Morgan fingerprint density at radius 2 is 1.89 bits per heavy atom. The highest BCUT2D eigenvalue weighted by molar-refractivity contribution is 7.99. The average Bonchev–Trinajstić information content (AvgIpc) is 3.11. The van der Waals surface area contributed by atoms with Gasteiger partial charge in [0, 0.05) is 16.2 Å². The van der Waals surface area contributed by atoms with Crippen LogP contribution in [0.5, 0.6) is 0 Å². The molecular weight excluding hydrogens is 378 g/mol. The summed E-state index contributed by atoms with van der Waals surface area (Å²) in [7, 11) is 0. The van der Waals surface area contributed by atoms with E-state index in [4.69, 9.17) is 0 Å². The topological polar surface area (TPSA) is 70.7 Å². The predicted molar refractivity (Wildman–Crippen MR) is 113 cm³/mol. The summed E-state index contributed by atoms with van der Waals surface area (Å²) in [5.74, 6) is 0.647. The van der Waals surface area contributed by atoms with E-state index in [1.165, 1.54) is 16.9 Å². The summed E-state index contributed by atoms with van der Waals surface area (Å²) in [4.78, 5) is 6.56. The van der Waals surface area contributed by atoms with E-state index < -0.39 is 11.2 Å². The number of hydrogen-bond donors (Lipinski definition) is 2. The van der Waals surface area contributed by atoms with Crippen LogP contribution in [0.1, 0.15) is 50.4 Å². The van der Waals surface area contributed by atoms with Crippen molar-refractivity contribution in [3.63, 3.8) is 0 Å². The summed E-state index contributed by atoms with van der Waals surface area (Å²) in [5.41, 5.74) is 2.42. The molecule has 0 fully saturated rings. The molecule has 0 spiro atoms. The van der Waals surface area contributed by atoms with Crippen LogP contribution < -0.4 is 0 Å². The lowest BCUT2D eigenvalue weighted by atomic mass is 10.1. The molecule has 2 heterocycles. The van der Waals surface area contributed by atoms with E-state index in [0.717, 1.165) is 33.2 Å². The Bertz CT molecular complexity index is 968. The van der Waals surface area contributed by atoms with E-state index in [-0.39, 0.29) is 0 Å². The molecule has 3 aromatic rings. The number of benzene rings is 1. The van der Waals surface area contributed by atoms with Crippen LogP contribution in [-0.2, 0) is 5.60 Å². The number of aryl methyl sites for hydroxylation is 2. The van der Waals surface area contributed by atoms with E-state index in [2.05, 4.69) is 35.2 Å². The molecule has 0 bridgehead atoms. The van der Waals surface area contributed by atoms with Crippen LogP contribution in [0, 0.1) is 13.8 Å². The normalized spacial score (nSPS) is 14.7. The number of thioether (sulfide) groups is 1. The lowest BCUT2D eigenvalue weighted by Gasteiger charge is -2.21. The van der Waals surface area contributed by atoms with Gasteiger partial charge >= 0.3 is 0 Å². The zero-order valence-corrected chi connectivity index (χ0v) is 18.3. The van der Waals surface area contributed by atoms with Crippen LogP contribution in [0.4, 0.5) is 0 Å². The molecule has 146 valence electrons. The molecule has 2 N–H and O–H groups in total. The van der Waals surface area contributed by atoms with Gasteiger partial charge < -0.3 is 10.2 Å². The van der Waals surface area contributed by atoms with Crippen LogP contribution in [0.2, 0.25) is 0 Å². The first kappa shape index (κ1) is 20.3. The van der Waals surface area contributed by atoms with Crippen molar-refractivity contribution >= 4 is 28.1 Å². The SMILES string of the molecule is CCC(C)(O)CSc1cc(-c2c(C)nc3sc(C(C)(C)O)nn23)ccc1C. The number of aromatic nitrogens is 3. The average molecular weight is 406 g/mol. The molecule has 1 atom stereocenters. The molecule has 0 saturated carbocycles. The van der Waals surface area contributed by atoms with Gasteiger partial charge in [-0.05, 0) is 52.7 Å². The largest absolute Gasteiger partial charge is 0.389 e. The summed E-state index contributed by atoms with van der Waals surface area (Å²) in [6.45, 7) is 11.4. The van der Waals surface area contributed by atoms with Gasteiger partial charge in [-0.2, -0.15) is 5.10 Å². The van der Waals surface area contributed by atoms with Crippen molar-refractivity contribution in [2.24, 2.45) is 0 Å². The lowest BCUT2D eigenvalue weighted by molar-refractivity contribution is 0.0772. The van der Waals surface area contributed by atoms with Crippen molar-refractivity contribution in [3.8, 4) is 11.3 Å². The van der Waals surface area contributed by atoms with E-state index >= 15 is 0 Å². The van der Waals surface area contributed by atoms with Crippen LogP contribution in [0.25, 0.3) is 16.2 Å². The monoisotopic (exact) mass is 405 g/mol. The fraction of sp³-hybridized carbons (Fsp3) is 0.500. The van der Waals surface area contributed by atoms with Crippen LogP contribution >= 0.6 is 23.1 Å². The van der Waals surface area contributed by atoms with Gasteiger partial charge in [0.15, 0.2) is 0 Å². The zero-order valence-electron chi connectivity index (χ0n) is 16.7. The second kappa shape index (κ2) is 7.20. The van der Waals surface area contributed by atoms with Crippen molar-refractivity contribution in [2.45, 2.75) is 64.1 Å².